The molecule has 0 aliphatic heterocycles. The normalized spacial score (nSPS) is 10.6. The third kappa shape index (κ3) is 5.70. The lowest BCUT2D eigenvalue weighted by molar-refractivity contribution is -0.147. The molecule has 2 aromatic rings. The first-order chi connectivity index (χ1) is 12.1. The van der Waals surface area contributed by atoms with Gasteiger partial charge < -0.3 is 10.1 Å². The van der Waals surface area contributed by atoms with Gasteiger partial charge in [0.1, 0.15) is 0 Å². The Bertz CT molecular complexity index is 785. The van der Waals surface area contributed by atoms with Crippen molar-refractivity contribution in [2.24, 2.45) is 0 Å². The number of rotatable bonds is 9. The van der Waals surface area contributed by atoms with Crippen LogP contribution in [0, 0.1) is 0 Å². The average molecular weight is 345 g/mol. The zero-order valence-electron chi connectivity index (χ0n) is 14.3. The van der Waals surface area contributed by atoms with Crippen molar-refractivity contribution in [1.82, 2.24) is 15.5 Å². The van der Waals surface area contributed by atoms with E-state index in [-0.39, 0.29) is 24.5 Å². The summed E-state index contributed by atoms with van der Waals surface area (Å²) in [5.41, 5.74) is 0.107. The van der Waals surface area contributed by atoms with Crippen molar-refractivity contribution in [1.29, 1.82) is 0 Å². The second-order valence-electron chi connectivity index (χ2n) is 5.79. The van der Waals surface area contributed by atoms with Crippen LogP contribution in [-0.4, -0.2) is 35.2 Å². The van der Waals surface area contributed by atoms with Gasteiger partial charge in [0.15, 0.2) is 6.61 Å². The van der Waals surface area contributed by atoms with E-state index >= 15 is 0 Å². The number of nitrogens with one attached hydrogen (secondary N) is 2. The third-order valence-electron chi connectivity index (χ3n) is 3.80. The molecule has 25 heavy (non-hydrogen) atoms. The fourth-order valence-corrected chi connectivity index (χ4v) is 2.47. The summed E-state index contributed by atoms with van der Waals surface area (Å²) in [5, 5.41) is 10.1. The molecule has 2 N–H and O–H groups in total. The minimum atomic E-state index is -0.564. The number of ether oxygens (including phenoxy) is 1. The van der Waals surface area contributed by atoms with Gasteiger partial charge in [-0.1, -0.05) is 44.4 Å². The number of hydrogen-bond donors (Lipinski definition) is 2. The van der Waals surface area contributed by atoms with Gasteiger partial charge in [0.05, 0.1) is 17.5 Å². The molecule has 0 saturated carbocycles. The molecule has 134 valence electrons. The highest BCUT2D eigenvalue weighted by Gasteiger charge is 2.13. The SMILES string of the molecule is CCCCCCNC(=O)COC(=O)Cc1n[nH]c(=O)c2ccccc12. The van der Waals surface area contributed by atoms with Crippen LogP contribution in [0.1, 0.15) is 38.3 Å². The summed E-state index contributed by atoms with van der Waals surface area (Å²) in [6.07, 6.45) is 4.16. The number of carbonyl (C=O) groups is 2. The van der Waals surface area contributed by atoms with Crippen molar-refractivity contribution in [3.05, 3.63) is 40.3 Å². The molecule has 1 aromatic carbocycles. The second-order valence-corrected chi connectivity index (χ2v) is 5.79. The van der Waals surface area contributed by atoms with E-state index in [1.54, 1.807) is 24.3 Å². The minimum absolute atomic E-state index is 0.110. The summed E-state index contributed by atoms with van der Waals surface area (Å²) >= 11 is 0. The molecule has 7 heteroatoms. The van der Waals surface area contributed by atoms with Crippen LogP contribution in [0.3, 0.4) is 0 Å². The molecule has 1 amide bonds. The number of aromatic nitrogens is 2. The molecular weight excluding hydrogens is 322 g/mol. The van der Waals surface area contributed by atoms with Crippen molar-refractivity contribution >= 4 is 22.6 Å². The highest BCUT2D eigenvalue weighted by atomic mass is 16.5. The Morgan fingerprint density at radius 2 is 1.92 bits per heavy atom. The van der Waals surface area contributed by atoms with Crippen LogP contribution in [0.25, 0.3) is 10.8 Å². The van der Waals surface area contributed by atoms with Crippen molar-refractivity contribution in [2.75, 3.05) is 13.2 Å². The summed E-state index contributed by atoms with van der Waals surface area (Å²) in [6, 6.07) is 6.90. The maximum atomic E-state index is 11.9. The van der Waals surface area contributed by atoms with Crippen LogP contribution in [-0.2, 0) is 20.7 Å². The lowest BCUT2D eigenvalue weighted by Crippen LogP contribution is -2.30. The third-order valence-corrected chi connectivity index (χ3v) is 3.80. The summed E-state index contributed by atoms with van der Waals surface area (Å²) in [5.74, 6) is -0.880. The molecule has 0 radical (unpaired) electrons. The Labute approximate surface area is 145 Å². The number of aromatic amines is 1. The molecule has 0 atom stereocenters. The number of H-pyrrole nitrogens is 1. The highest BCUT2D eigenvalue weighted by Crippen LogP contribution is 2.13. The van der Waals surface area contributed by atoms with E-state index in [9.17, 15) is 14.4 Å². The quantitative estimate of drug-likeness (QED) is 0.532. The van der Waals surface area contributed by atoms with E-state index in [1.807, 2.05) is 0 Å². The molecular formula is C18H23N3O4. The van der Waals surface area contributed by atoms with E-state index in [4.69, 9.17) is 4.74 Å². The van der Waals surface area contributed by atoms with Gasteiger partial charge in [-0.25, -0.2) is 5.10 Å². The molecule has 0 aliphatic rings. The fourth-order valence-electron chi connectivity index (χ4n) is 2.47. The largest absolute Gasteiger partial charge is 0.455 e. The summed E-state index contributed by atoms with van der Waals surface area (Å²) in [7, 11) is 0. The first-order valence-corrected chi connectivity index (χ1v) is 8.50. The smallest absolute Gasteiger partial charge is 0.312 e. The van der Waals surface area contributed by atoms with Crippen LogP contribution >= 0.6 is 0 Å². The Morgan fingerprint density at radius 1 is 1.16 bits per heavy atom. The molecule has 0 aliphatic carbocycles. The van der Waals surface area contributed by atoms with Crippen LogP contribution in [0.4, 0.5) is 0 Å². The summed E-state index contributed by atoms with van der Waals surface area (Å²) in [6.45, 7) is 2.40. The molecule has 0 fully saturated rings. The van der Waals surface area contributed by atoms with Gasteiger partial charge >= 0.3 is 5.97 Å². The van der Waals surface area contributed by atoms with Crippen LogP contribution in [0.2, 0.25) is 0 Å². The maximum Gasteiger partial charge on any atom is 0.312 e. The Kier molecular flexibility index (Phi) is 7.13. The number of carbonyl (C=O) groups excluding carboxylic acids is 2. The monoisotopic (exact) mass is 345 g/mol. The van der Waals surface area contributed by atoms with Crippen molar-refractivity contribution < 1.29 is 14.3 Å². The molecule has 0 spiro atoms. The molecule has 1 heterocycles. The lowest BCUT2D eigenvalue weighted by Gasteiger charge is -2.07. The number of esters is 1. The number of nitrogens with zero attached hydrogens (tertiary/aromatic N) is 1. The summed E-state index contributed by atoms with van der Waals surface area (Å²) < 4.78 is 4.98. The standard InChI is InChI=1S/C18H23N3O4/c1-2-3-4-7-10-19-16(22)12-25-17(23)11-15-13-8-5-6-9-14(13)18(24)21-20-15/h5-6,8-9H,2-4,7,10-12H2,1H3,(H,19,22)(H,21,24). The fraction of sp³-hybridized carbons (Fsp3) is 0.444. The zero-order chi connectivity index (χ0) is 18.1. The van der Waals surface area contributed by atoms with Crippen LogP contribution in [0.15, 0.2) is 29.1 Å². The van der Waals surface area contributed by atoms with E-state index in [0.29, 0.717) is 23.0 Å². The number of hydrogen-bond acceptors (Lipinski definition) is 5. The molecule has 0 bridgehead atoms. The first kappa shape index (κ1) is 18.6. The van der Waals surface area contributed by atoms with Crippen LogP contribution < -0.4 is 10.9 Å². The topological polar surface area (TPSA) is 101 Å². The number of amides is 1. The Morgan fingerprint density at radius 3 is 2.68 bits per heavy atom. The number of benzene rings is 1. The molecule has 7 nitrogen and oxygen atoms in total. The van der Waals surface area contributed by atoms with Gasteiger partial charge in [0.2, 0.25) is 0 Å². The second kappa shape index (κ2) is 9.56. The number of fused-ring (bicyclic) bond motifs is 1. The van der Waals surface area contributed by atoms with E-state index in [0.717, 1.165) is 25.7 Å². The predicted octanol–water partition coefficient (Wildman–Crippen LogP) is 1.71. The van der Waals surface area contributed by atoms with Gasteiger partial charge in [-0.3, -0.25) is 14.4 Å². The number of unbranched alkanes of at least 4 members (excludes halogenated alkanes) is 3. The molecule has 1 aromatic heterocycles. The highest BCUT2D eigenvalue weighted by molar-refractivity contribution is 5.87. The molecule has 2 rings (SSSR count). The van der Waals surface area contributed by atoms with Gasteiger partial charge in [0.25, 0.3) is 11.5 Å². The summed E-state index contributed by atoms with van der Waals surface area (Å²) in [4.78, 5) is 35.3. The van der Waals surface area contributed by atoms with Crippen molar-refractivity contribution in [2.45, 2.75) is 39.0 Å². The molecule has 0 saturated heterocycles. The van der Waals surface area contributed by atoms with Gasteiger partial charge in [-0.2, -0.15) is 5.10 Å². The van der Waals surface area contributed by atoms with Crippen molar-refractivity contribution in [3.63, 3.8) is 0 Å². The van der Waals surface area contributed by atoms with E-state index in [2.05, 4.69) is 22.4 Å². The Hall–Kier alpha value is -2.70. The minimum Gasteiger partial charge on any atom is -0.455 e. The van der Waals surface area contributed by atoms with Crippen molar-refractivity contribution in [3.8, 4) is 0 Å². The van der Waals surface area contributed by atoms with Gasteiger partial charge in [-0.05, 0) is 12.5 Å². The zero-order valence-corrected chi connectivity index (χ0v) is 14.3. The lowest BCUT2D eigenvalue weighted by atomic mass is 10.1. The van der Waals surface area contributed by atoms with Crippen LogP contribution in [0.5, 0.6) is 0 Å². The van der Waals surface area contributed by atoms with E-state index < -0.39 is 5.97 Å². The Balaban J connectivity index is 1.82. The van der Waals surface area contributed by atoms with E-state index in [1.165, 1.54) is 0 Å². The van der Waals surface area contributed by atoms with Gasteiger partial charge in [-0.15, -0.1) is 0 Å². The average Bonchev–Trinajstić information content (AvgIpc) is 2.62. The maximum absolute atomic E-state index is 11.9. The predicted molar refractivity (Wildman–Crippen MR) is 94.2 cm³/mol. The first-order valence-electron chi connectivity index (χ1n) is 8.50. The van der Waals surface area contributed by atoms with Gasteiger partial charge in [0, 0.05) is 11.9 Å². The molecule has 0 unspecified atom stereocenters.